The molecule has 0 spiro atoms. The number of ether oxygens (including phenoxy) is 3. The molecule has 0 radical (unpaired) electrons. The zero-order chi connectivity index (χ0) is 36.1. The molecule has 1 N–H and O–H groups in total. The molecule has 0 unspecified atom stereocenters. The first-order valence-corrected chi connectivity index (χ1v) is 17.6. The Morgan fingerprint density at radius 2 is 1.68 bits per heavy atom. The molecule has 1 fully saturated rings. The van der Waals surface area contributed by atoms with Gasteiger partial charge in [-0.1, -0.05) is 61.8 Å². The summed E-state index contributed by atoms with van der Waals surface area (Å²) in [7, 11) is 0. The number of rotatable bonds is 13. The minimum Gasteiger partial charge on any atom is -0.493 e. The van der Waals surface area contributed by atoms with Gasteiger partial charge in [0.1, 0.15) is 11.6 Å². The number of aromatic nitrogens is 1. The molecule has 1 aliphatic heterocycles. The Labute approximate surface area is 300 Å². The molecule has 0 bridgehead atoms. The Morgan fingerprint density at radius 3 is 2.30 bits per heavy atom. The third-order valence-corrected chi connectivity index (χ3v) is 9.21. The first-order chi connectivity index (χ1) is 23.7. The van der Waals surface area contributed by atoms with Gasteiger partial charge in [-0.05, 0) is 99.0 Å². The number of aliphatic carboxylic acids is 1. The SMILES string of the molecule is Cc1nc(COCc2cccc(Cl)c2)c(-c2ccc(OCCc3ccc(F)cc3)cc2)c(N2CCC(C)(C)CC2)c1[C@H](OC(C)(C)C)C(=O)O. The van der Waals surface area contributed by atoms with E-state index in [1.807, 2.05) is 76.2 Å². The van der Waals surface area contributed by atoms with E-state index in [9.17, 15) is 14.3 Å². The standard InChI is InChI=1S/C41H48ClFN2O5/c1-27-35(38(39(46)47)50-40(2,3)4)37(45-21-19-41(5,6)20-22-45)36(34(44-27)26-48-25-29-8-7-9-31(42)24-29)30-12-16-33(17-13-30)49-23-18-28-10-14-32(43)15-11-28/h7-17,24,38H,18-23,25-26H2,1-6H3,(H,46,47)/t38-/m0/s1. The fourth-order valence-electron chi connectivity index (χ4n) is 6.28. The number of hydrogen-bond acceptors (Lipinski definition) is 6. The molecule has 4 aromatic rings. The second-order valence-corrected chi connectivity index (χ2v) is 15.2. The van der Waals surface area contributed by atoms with Crippen molar-refractivity contribution in [3.8, 4) is 16.9 Å². The number of hydrogen-bond donors (Lipinski definition) is 1. The van der Waals surface area contributed by atoms with Crippen LogP contribution >= 0.6 is 11.6 Å². The number of aryl methyl sites for hydroxylation is 1. The zero-order valence-corrected chi connectivity index (χ0v) is 30.6. The summed E-state index contributed by atoms with van der Waals surface area (Å²) in [6, 6.07) is 21.8. The van der Waals surface area contributed by atoms with Gasteiger partial charge in [-0.2, -0.15) is 0 Å². The summed E-state index contributed by atoms with van der Waals surface area (Å²) in [5, 5.41) is 11.3. The van der Waals surface area contributed by atoms with E-state index in [-0.39, 0.29) is 17.8 Å². The second kappa shape index (κ2) is 15.9. The maximum Gasteiger partial charge on any atom is 0.337 e. The molecule has 266 valence electrons. The summed E-state index contributed by atoms with van der Waals surface area (Å²) < 4.78 is 32.0. The van der Waals surface area contributed by atoms with Crippen molar-refractivity contribution < 1.29 is 28.5 Å². The van der Waals surface area contributed by atoms with Gasteiger partial charge in [-0.15, -0.1) is 0 Å². The van der Waals surface area contributed by atoms with Crippen molar-refractivity contribution in [3.63, 3.8) is 0 Å². The molecule has 50 heavy (non-hydrogen) atoms. The van der Waals surface area contributed by atoms with Crippen molar-refractivity contribution in [2.24, 2.45) is 5.41 Å². The number of carboxylic acid groups (broad SMARTS) is 1. The number of carbonyl (C=O) groups is 1. The molecule has 1 aliphatic rings. The van der Waals surface area contributed by atoms with E-state index in [0.717, 1.165) is 53.9 Å². The Kier molecular flexibility index (Phi) is 11.9. The van der Waals surface area contributed by atoms with Gasteiger partial charge < -0.3 is 24.2 Å². The number of carboxylic acids is 1. The van der Waals surface area contributed by atoms with Gasteiger partial charge >= 0.3 is 5.97 Å². The van der Waals surface area contributed by atoms with Crippen molar-refractivity contribution in [1.29, 1.82) is 0 Å². The molecule has 2 heterocycles. The molecule has 0 amide bonds. The number of piperidine rings is 1. The van der Waals surface area contributed by atoms with Gasteiger partial charge in [0.05, 0.1) is 36.8 Å². The van der Waals surface area contributed by atoms with E-state index >= 15 is 0 Å². The number of halogens is 2. The summed E-state index contributed by atoms with van der Waals surface area (Å²) in [6.07, 6.45) is 1.31. The van der Waals surface area contributed by atoms with Gasteiger partial charge in [0.25, 0.3) is 0 Å². The maximum absolute atomic E-state index is 13.3. The van der Waals surface area contributed by atoms with Gasteiger partial charge in [-0.3, -0.25) is 4.98 Å². The van der Waals surface area contributed by atoms with Crippen LogP contribution in [0.4, 0.5) is 10.1 Å². The average Bonchev–Trinajstić information content (AvgIpc) is 3.05. The second-order valence-electron chi connectivity index (χ2n) is 14.8. The van der Waals surface area contributed by atoms with Crippen LogP contribution in [0, 0.1) is 18.2 Å². The van der Waals surface area contributed by atoms with Crippen LogP contribution in [0.2, 0.25) is 5.02 Å². The van der Waals surface area contributed by atoms with Gasteiger partial charge in [-0.25, -0.2) is 9.18 Å². The first-order valence-electron chi connectivity index (χ1n) is 17.2. The largest absolute Gasteiger partial charge is 0.493 e. The predicted octanol–water partition coefficient (Wildman–Crippen LogP) is 9.76. The van der Waals surface area contributed by atoms with Gasteiger partial charge in [0, 0.05) is 41.4 Å². The van der Waals surface area contributed by atoms with E-state index in [1.54, 1.807) is 12.1 Å². The molecule has 3 aromatic carbocycles. The summed E-state index contributed by atoms with van der Waals surface area (Å²) >= 11 is 6.24. The highest BCUT2D eigenvalue weighted by molar-refractivity contribution is 6.30. The van der Waals surface area contributed by atoms with Crippen molar-refractivity contribution in [2.45, 2.75) is 85.7 Å². The van der Waals surface area contributed by atoms with Crippen LogP contribution in [0.25, 0.3) is 11.1 Å². The zero-order valence-electron chi connectivity index (χ0n) is 29.9. The number of anilines is 1. The van der Waals surface area contributed by atoms with E-state index in [1.165, 1.54) is 12.1 Å². The average molecular weight is 703 g/mol. The summed E-state index contributed by atoms with van der Waals surface area (Å²) in [5.41, 5.74) is 5.73. The monoisotopic (exact) mass is 702 g/mol. The lowest BCUT2D eigenvalue weighted by molar-refractivity contribution is -0.160. The highest BCUT2D eigenvalue weighted by atomic mass is 35.5. The normalized spacial score (nSPS) is 15.2. The van der Waals surface area contributed by atoms with Crippen LogP contribution in [0.15, 0.2) is 72.8 Å². The fourth-order valence-corrected chi connectivity index (χ4v) is 6.49. The molecule has 1 saturated heterocycles. The molecule has 0 aliphatic carbocycles. The van der Waals surface area contributed by atoms with Gasteiger partial charge in [0.15, 0.2) is 6.10 Å². The molecule has 9 heteroatoms. The third kappa shape index (κ3) is 9.83. The maximum atomic E-state index is 13.3. The van der Waals surface area contributed by atoms with Crippen molar-refractivity contribution in [3.05, 3.63) is 112 Å². The van der Waals surface area contributed by atoms with E-state index in [0.29, 0.717) is 47.4 Å². The fraction of sp³-hybridized carbons (Fsp3) is 0.415. The number of nitrogens with zero attached hydrogens (tertiary/aromatic N) is 2. The Hall–Kier alpha value is -3.98. The lowest BCUT2D eigenvalue weighted by atomic mass is 9.81. The van der Waals surface area contributed by atoms with Crippen LogP contribution in [0.3, 0.4) is 0 Å². The van der Waals surface area contributed by atoms with Crippen LogP contribution < -0.4 is 9.64 Å². The summed E-state index contributed by atoms with van der Waals surface area (Å²) in [5.74, 6) is -0.639. The Bertz CT molecular complexity index is 1760. The van der Waals surface area contributed by atoms with Gasteiger partial charge in [0.2, 0.25) is 0 Å². The lowest BCUT2D eigenvalue weighted by Gasteiger charge is -2.41. The van der Waals surface area contributed by atoms with E-state index in [2.05, 4.69) is 18.7 Å². The quantitative estimate of drug-likeness (QED) is 0.149. The highest BCUT2D eigenvalue weighted by Gasteiger charge is 2.37. The molecule has 1 aromatic heterocycles. The van der Waals surface area contributed by atoms with Crippen LogP contribution in [-0.2, 0) is 33.9 Å². The predicted molar refractivity (Wildman–Crippen MR) is 196 cm³/mol. The van der Waals surface area contributed by atoms with Crippen LogP contribution in [0.5, 0.6) is 5.75 Å². The molecule has 1 atom stereocenters. The van der Waals surface area contributed by atoms with E-state index < -0.39 is 17.7 Å². The van der Waals surface area contributed by atoms with Crippen LogP contribution in [-0.4, -0.2) is 41.4 Å². The smallest absolute Gasteiger partial charge is 0.337 e. The topological polar surface area (TPSA) is 81.1 Å². The molecular formula is C41H48ClFN2O5. The molecular weight excluding hydrogens is 655 g/mol. The Morgan fingerprint density at radius 1 is 1.00 bits per heavy atom. The Balaban J connectivity index is 1.57. The number of benzene rings is 3. The van der Waals surface area contributed by atoms with Crippen molar-refractivity contribution in [1.82, 2.24) is 4.98 Å². The summed E-state index contributed by atoms with van der Waals surface area (Å²) in [6.45, 7) is 14.5. The first kappa shape index (κ1) is 37.3. The lowest BCUT2D eigenvalue weighted by Crippen LogP contribution is -2.39. The highest BCUT2D eigenvalue weighted by Crippen LogP contribution is 2.45. The molecule has 7 nitrogen and oxygen atoms in total. The minimum absolute atomic E-state index is 0.169. The number of pyridine rings is 1. The molecule has 0 saturated carbocycles. The molecule has 5 rings (SSSR count). The van der Waals surface area contributed by atoms with Crippen molar-refractivity contribution in [2.75, 3.05) is 24.6 Å². The van der Waals surface area contributed by atoms with E-state index in [4.69, 9.17) is 30.8 Å². The van der Waals surface area contributed by atoms with Crippen LogP contribution in [0.1, 0.15) is 81.6 Å². The minimum atomic E-state index is -1.23. The third-order valence-electron chi connectivity index (χ3n) is 8.98. The van der Waals surface area contributed by atoms with Crippen molar-refractivity contribution >= 4 is 23.3 Å². The summed E-state index contributed by atoms with van der Waals surface area (Å²) in [4.78, 5) is 20.3.